The average molecular weight is 330 g/mol. The summed E-state index contributed by atoms with van der Waals surface area (Å²) in [6, 6.07) is 5.02. The Hall–Kier alpha value is -1.22. The lowest BCUT2D eigenvalue weighted by atomic mass is 10.2. The molecule has 0 atom stereocenters. The summed E-state index contributed by atoms with van der Waals surface area (Å²) in [4.78, 5) is -0.321. The third-order valence-corrected chi connectivity index (χ3v) is 5.69. The van der Waals surface area contributed by atoms with Crippen LogP contribution in [-0.2, 0) is 20.0 Å². The lowest BCUT2D eigenvalue weighted by Gasteiger charge is -2.08. The first-order valence-electron chi connectivity index (χ1n) is 6.59. The molecule has 0 radical (unpaired) electrons. The molecular formula is C13H18N2O4S2. The molecule has 0 unspecified atom stereocenters. The van der Waals surface area contributed by atoms with Gasteiger partial charge >= 0.3 is 0 Å². The second-order valence-corrected chi connectivity index (χ2v) is 8.25. The van der Waals surface area contributed by atoms with Gasteiger partial charge in [0.15, 0.2) is 0 Å². The maximum atomic E-state index is 12.1. The molecular weight excluding hydrogens is 312 g/mol. The van der Waals surface area contributed by atoms with Crippen molar-refractivity contribution in [1.29, 1.82) is 0 Å². The molecule has 2 rings (SSSR count). The molecule has 0 saturated heterocycles. The van der Waals surface area contributed by atoms with Crippen LogP contribution < -0.4 is 9.86 Å². The highest BCUT2D eigenvalue weighted by atomic mass is 32.2. The topological polar surface area (TPSA) is 106 Å². The Balaban J connectivity index is 2.08. The highest BCUT2D eigenvalue weighted by Gasteiger charge is 2.17. The molecule has 1 aliphatic rings. The molecule has 116 valence electrons. The van der Waals surface area contributed by atoms with E-state index in [1.165, 1.54) is 23.8 Å². The fourth-order valence-corrected chi connectivity index (χ4v) is 3.92. The highest BCUT2D eigenvalue weighted by Crippen LogP contribution is 2.20. The van der Waals surface area contributed by atoms with Gasteiger partial charge in [-0.3, -0.25) is 0 Å². The summed E-state index contributed by atoms with van der Waals surface area (Å²) in [5, 5.41) is 5.00. The van der Waals surface area contributed by atoms with Gasteiger partial charge in [0.25, 0.3) is 0 Å². The SMILES string of the molecule is NS(=O)(=O)c1cccc(S(=O)(=O)NCCC2=CCCC2)c1. The van der Waals surface area contributed by atoms with Crippen molar-refractivity contribution < 1.29 is 16.8 Å². The van der Waals surface area contributed by atoms with Gasteiger partial charge in [-0.15, -0.1) is 0 Å². The van der Waals surface area contributed by atoms with Crippen molar-refractivity contribution in [3.8, 4) is 0 Å². The summed E-state index contributed by atoms with van der Waals surface area (Å²) >= 11 is 0. The molecule has 3 N–H and O–H groups in total. The number of benzene rings is 1. The first-order valence-corrected chi connectivity index (χ1v) is 9.62. The van der Waals surface area contributed by atoms with Crippen LogP contribution in [0.15, 0.2) is 45.7 Å². The number of hydrogen-bond acceptors (Lipinski definition) is 4. The first kappa shape index (κ1) is 16.2. The number of rotatable bonds is 6. The van der Waals surface area contributed by atoms with Gasteiger partial charge in [-0.05, 0) is 43.9 Å². The van der Waals surface area contributed by atoms with E-state index in [9.17, 15) is 16.8 Å². The van der Waals surface area contributed by atoms with E-state index in [0.717, 1.165) is 25.3 Å². The van der Waals surface area contributed by atoms with Crippen molar-refractivity contribution >= 4 is 20.0 Å². The molecule has 0 heterocycles. The number of hydrogen-bond donors (Lipinski definition) is 2. The normalized spacial score (nSPS) is 16.0. The molecule has 0 saturated carbocycles. The molecule has 1 aliphatic carbocycles. The minimum atomic E-state index is -3.92. The number of nitrogens with one attached hydrogen (secondary N) is 1. The van der Waals surface area contributed by atoms with E-state index < -0.39 is 20.0 Å². The van der Waals surface area contributed by atoms with Gasteiger partial charge in [0.2, 0.25) is 20.0 Å². The smallest absolute Gasteiger partial charge is 0.225 e. The third kappa shape index (κ3) is 4.37. The van der Waals surface area contributed by atoms with Crippen LogP contribution in [0.1, 0.15) is 25.7 Å². The summed E-state index contributed by atoms with van der Waals surface area (Å²) in [6.45, 7) is 0.299. The second kappa shape index (κ2) is 6.27. The molecule has 0 amide bonds. The first-order chi connectivity index (χ1) is 9.79. The third-order valence-electron chi connectivity index (χ3n) is 3.32. The zero-order valence-corrected chi connectivity index (χ0v) is 13.1. The second-order valence-electron chi connectivity index (χ2n) is 4.92. The molecule has 8 heteroatoms. The summed E-state index contributed by atoms with van der Waals surface area (Å²) in [5.41, 5.74) is 1.26. The van der Waals surface area contributed by atoms with E-state index in [1.54, 1.807) is 0 Å². The van der Waals surface area contributed by atoms with Crippen LogP contribution >= 0.6 is 0 Å². The molecule has 1 aromatic rings. The Bertz CT molecular complexity index is 752. The van der Waals surface area contributed by atoms with E-state index in [1.807, 2.05) is 0 Å². The number of sulfonamides is 2. The van der Waals surface area contributed by atoms with Crippen molar-refractivity contribution in [3.05, 3.63) is 35.9 Å². The maximum absolute atomic E-state index is 12.1. The predicted molar refractivity (Wildman–Crippen MR) is 79.6 cm³/mol. The Morgan fingerprint density at radius 3 is 2.48 bits per heavy atom. The van der Waals surface area contributed by atoms with Gasteiger partial charge in [0.05, 0.1) is 9.79 Å². The Kier molecular flexibility index (Phi) is 4.82. The molecule has 0 aliphatic heterocycles. The van der Waals surface area contributed by atoms with Crippen molar-refractivity contribution in [2.45, 2.75) is 35.5 Å². The van der Waals surface area contributed by atoms with Crippen LogP contribution in [0.2, 0.25) is 0 Å². The Labute approximate surface area is 125 Å². The molecule has 0 fully saturated rings. The summed E-state index contributed by atoms with van der Waals surface area (Å²) in [7, 11) is -7.65. The molecule has 1 aromatic carbocycles. The van der Waals surface area contributed by atoms with Crippen molar-refractivity contribution in [1.82, 2.24) is 4.72 Å². The summed E-state index contributed by atoms with van der Waals surface area (Å²) in [6.07, 6.45) is 6.00. The van der Waals surface area contributed by atoms with Gasteiger partial charge < -0.3 is 0 Å². The largest absolute Gasteiger partial charge is 0.240 e. The molecule has 0 spiro atoms. The van der Waals surface area contributed by atoms with Gasteiger partial charge in [0, 0.05) is 6.54 Å². The Morgan fingerprint density at radius 1 is 1.14 bits per heavy atom. The van der Waals surface area contributed by atoms with E-state index in [2.05, 4.69) is 10.8 Å². The van der Waals surface area contributed by atoms with Crippen molar-refractivity contribution in [2.75, 3.05) is 6.54 Å². The average Bonchev–Trinajstić information content (AvgIpc) is 2.91. The van der Waals surface area contributed by atoms with Crippen LogP contribution in [-0.4, -0.2) is 23.4 Å². The fraction of sp³-hybridized carbons (Fsp3) is 0.385. The lowest BCUT2D eigenvalue weighted by Crippen LogP contribution is -2.25. The molecule has 0 aromatic heterocycles. The zero-order valence-electron chi connectivity index (χ0n) is 11.4. The van der Waals surface area contributed by atoms with Crippen LogP contribution in [0, 0.1) is 0 Å². The molecule has 0 bridgehead atoms. The fourth-order valence-electron chi connectivity index (χ4n) is 2.21. The van der Waals surface area contributed by atoms with Gasteiger partial charge in [-0.25, -0.2) is 26.7 Å². The van der Waals surface area contributed by atoms with Crippen molar-refractivity contribution in [3.63, 3.8) is 0 Å². The highest BCUT2D eigenvalue weighted by molar-refractivity contribution is 7.90. The maximum Gasteiger partial charge on any atom is 0.240 e. The van der Waals surface area contributed by atoms with Crippen LogP contribution in [0.5, 0.6) is 0 Å². The van der Waals surface area contributed by atoms with Gasteiger partial charge in [0.1, 0.15) is 0 Å². The number of primary sulfonamides is 1. The predicted octanol–water partition coefficient (Wildman–Crippen LogP) is 1.11. The minimum Gasteiger partial charge on any atom is -0.225 e. The van der Waals surface area contributed by atoms with Gasteiger partial charge in [-0.1, -0.05) is 17.7 Å². The lowest BCUT2D eigenvalue weighted by molar-refractivity contribution is 0.581. The zero-order chi connectivity index (χ0) is 15.5. The standard InChI is InChI=1S/C13H18N2O4S2/c14-20(16,17)12-6-3-7-13(10-12)21(18,19)15-9-8-11-4-1-2-5-11/h3-4,6-7,10,15H,1-2,5,8-9H2,(H2,14,16,17). The van der Waals surface area contributed by atoms with E-state index in [0.29, 0.717) is 13.0 Å². The summed E-state index contributed by atoms with van der Waals surface area (Å²) in [5.74, 6) is 0. The Morgan fingerprint density at radius 2 is 1.86 bits per heavy atom. The van der Waals surface area contributed by atoms with E-state index >= 15 is 0 Å². The molecule has 6 nitrogen and oxygen atoms in total. The van der Waals surface area contributed by atoms with Crippen LogP contribution in [0.3, 0.4) is 0 Å². The van der Waals surface area contributed by atoms with E-state index in [-0.39, 0.29) is 9.79 Å². The van der Waals surface area contributed by atoms with E-state index in [4.69, 9.17) is 5.14 Å². The van der Waals surface area contributed by atoms with Crippen LogP contribution in [0.4, 0.5) is 0 Å². The monoisotopic (exact) mass is 330 g/mol. The minimum absolute atomic E-state index is 0.102. The quantitative estimate of drug-likeness (QED) is 0.762. The summed E-state index contributed by atoms with van der Waals surface area (Å²) < 4.78 is 49.2. The number of allylic oxidation sites excluding steroid dienone is 1. The van der Waals surface area contributed by atoms with Gasteiger partial charge in [-0.2, -0.15) is 0 Å². The number of nitrogens with two attached hydrogens (primary N) is 1. The molecule has 21 heavy (non-hydrogen) atoms. The van der Waals surface area contributed by atoms with Crippen LogP contribution in [0.25, 0.3) is 0 Å². The van der Waals surface area contributed by atoms with Crippen molar-refractivity contribution in [2.24, 2.45) is 5.14 Å².